The lowest BCUT2D eigenvalue weighted by molar-refractivity contribution is -0.384. The maximum absolute atomic E-state index is 12.1. The summed E-state index contributed by atoms with van der Waals surface area (Å²) < 4.78 is 0. The highest BCUT2D eigenvalue weighted by Crippen LogP contribution is 2.13. The third-order valence-electron chi connectivity index (χ3n) is 3.69. The third-order valence-corrected chi connectivity index (χ3v) is 3.69. The molecule has 0 aliphatic heterocycles. The van der Waals surface area contributed by atoms with E-state index in [0.29, 0.717) is 6.42 Å². The SMILES string of the molecule is CC(C)CC(CNC(=O)C(C)NC(=O)c1cccc([N+](=O)[O-])c1)C(=O)O. The molecule has 1 aromatic carbocycles. The van der Waals surface area contributed by atoms with Crippen LogP contribution in [0.3, 0.4) is 0 Å². The minimum absolute atomic E-state index is 0.0383. The smallest absolute Gasteiger partial charge is 0.308 e. The number of amides is 2. The van der Waals surface area contributed by atoms with Gasteiger partial charge in [-0.05, 0) is 25.3 Å². The van der Waals surface area contributed by atoms with E-state index in [1.165, 1.54) is 25.1 Å². The van der Waals surface area contributed by atoms with Crippen LogP contribution in [0.25, 0.3) is 0 Å². The third kappa shape index (κ3) is 6.50. The topological polar surface area (TPSA) is 139 Å². The van der Waals surface area contributed by atoms with Gasteiger partial charge in [0, 0.05) is 24.2 Å². The molecule has 1 aromatic rings. The number of nitro groups is 1. The molecule has 0 spiro atoms. The monoisotopic (exact) mass is 365 g/mol. The van der Waals surface area contributed by atoms with Crippen LogP contribution in [-0.2, 0) is 9.59 Å². The summed E-state index contributed by atoms with van der Waals surface area (Å²) in [5.74, 6) is -2.70. The second kappa shape index (κ2) is 9.50. The van der Waals surface area contributed by atoms with Crippen molar-refractivity contribution in [2.45, 2.75) is 33.2 Å². The van der Waals surface area contributed by atoms with E-state index in [1.807, 2.05) is 13.8 Å². The van der Waals surface area contributed by atoms with Crippen LogP contribution in [-0.4, -0.2) is 40.4 Å². The van der Waals surface area contributed by atoms with E-state index in [9.17, 15) is 24.5 Å². The molecule has 9 heteroatoms. The van der Waals surface area contributed by atoms with E-state index >= 15 is 0 Å². The number of carbonyl (C=O) groups is 3. The molecule has 9 nitrogen and oxygen atoms in total. The first-order valence-corrected chi connectivity index (χ1v) is 8.17. The molecular weight excluding hydrogens is 342 g/mol. The summed E-state index contributed by atoms with van der Waals surface area (Å²) >= 11 is 0. The largest absolute Gasteiger partial charge is 0.481 e. The molecule has 3 N–H and O–H groups in total. The molecule has 0 heterocycles. The van der Waals surface area contributed by atoms with Gasteiger partial charge in [0.25, 0.3) is 11.6 Å². The van der Waals surface area contributed by atoms with Crippen LogP contribution in [0.1, 0.15) is 37.6 Å². The molecule has 2 amide bonds. The molecule has 0 aliphatic rings. The van der Waals surface area contributed by atoms with Crippen LogP contribution in [0.2, 0.25) is 0 Å². The van der Waals surface area contributed by atoms with Gasteiger partial charge in [0.15, 0.2) is 0 Å². The van der Waals surface area contributed by atoms with Crippen molar-refractivity contribution in [2.75, 3.05) is 6.54 Å². The molecule has 0 aliphatic carbocycles. The van der Waals surface area contributed by atoms with Gasteiger partial charge in [-0.25, -0.2) is 0 Å². The molecule has 0 radical (unpaired) electrons. The van der Waals surface area contributed by atoms with Crippen LogP contribution >= 0.6 is 0 Å². The fourth-order valence-corrected chi connectivity index (χ4v) is 2.32. The molecule has 0 fully saturated rings. The van der Waals surface area contributed by atoms with Gasteiger partial charge < -0.3 is 15.7 Å². The Morgan fingerprint density at radius 3 is 2.42 bits per heavy atom. The van der Waals surface area contributed by atoms with Crippen molar-refractivity contribution in [1.29, 1.82) is 0 Å². The standard InChI is InChI=1S/C17H23N3O6/c1-10(2)7-13(17(23)24)9-18-15(21)11(3)19-16(22)12-5-4-6-14(8-12)20(25)26/h4-6,8,10-11,13H,7,9H2,1-3H3,(H,18,21)(H,19,22)(H,23,24). The molecule has 0 aromatic heterocycles. The number of carboxylic acids is 1. The molecule has 142 valence electrons. The van der Waals surface area contributed by atoms with E-state index < -0.39 is 34.7 Å². The number of hydrogen-bond acceptors (Lipinski definition) is 5. The minimum Gasteiger partial charge on any atom is -0.481 e. The van der Waals surface area contributed by atoms with Crippen molar-refractivity contribution in [3.63, 3.8) is 0 Å². The van der Waals surface area contributed by atoms with Crippen molar-refractivity contribution in [3.05, 3.63) is 39.9 Å². The average molecular weight is 365 g/mol. The number of carbonyl (C=O) groups excluding carboxylic acids is 2. The second-order valence-electron chi connectivity index (χ2n) is 6.41. The summed E-state index contributed by atoms with van der Waals surface area (Å²) in [4.78, 5) is 45.5. The van der Waals surface area contributed by atoms with Gasteiger partial charge >= 0.3 is 5.97 Å². The van der Waals surface area contributed by atoms with Crippen molar-refractivity contribution in [1.82, 2.24) is 10.6 Å². The second-order valence-corrected chi connectivity index (χ2v) is 6.41. The summed E-state index contributed by atoms with van der Waals surface area (Å²) in [7, 11) is 0. The number of carboxylic acid groups (broad SMARTS) is 1. The van der Waals surface area contributed by atoms with Crippen LogP contribution in [0.5, 0.6) is 0 Å². The fourth-order valence-electron chi connectivity index (χ4n) is 2.32. The summed E-state index contributed by atoms with van der Waals surface area (Å²) in [5.41, 5.74) is -0.171. The lowest BCUT2D eigenvalue weighted by atomic mass is 9.97. The highest BCUT2D eigenvalue weighted by molar-refractivity contribution is 5.97. The zero-order chi connectivity index (χ0) is 19.9. The number of nitro benzene ring substituents is 1. The van der Waals surface area contributed by atoms with Gasteiger partial charge in [0.1, 0.15) is 6.04 Å². The Bertz CT molecular complexity index is 689. The summed E-state index contributed by atoms with van der Waals surface area (Å²) in [6.07, 6.45) is 0.421. The van der Waals surface area contributed by atoms with Crippen LogP contribution in [0.4, 0.5) is 5.69 Å². The quantitative estimate of drug-likeness (QED) is 0.448. The first-order valence-electron chi connectivity index (χ1n) is 8.17. The molecule has 2 unspecified atom stereocenters. The highest BCUT2D eigenvalue weighted by atomic mass is 16.6. The maximum Gasteiger partial charge on any atom is 0.308 e. The van der Waals surface area contributed by atoms with Gasteiger partial charge in [0.05, 0.1) is 10.8 Å². The molecular formula is C17H23N3O6. The summed E-state index contributed by atoms with van der Waals surface area (Å²) in [6.45, 7) is 5.19. The van der Waals surface area contributed by atoms with Gasteiger partial charge in [-0.15, -0.1) is 0 Å². The molecule has 2 atom stereocenters. The number of benzene rings is 1. The number of hydrogen-bond donors (Lipinski definition) is 3. The van der Waals surface area contributed by atoms with E-state index in [2.05, 4.69) is 10.6 Å². The van der Waals surface area contributed by atoms with Crippen molar-refractivity contribution in [2.24, 2.45) is 11.8 Å². The Hall–Kier alpha value is -2.97. The first kappa shape index (κ1) is 21.1. The van der Waals surface area contributed by atoms with E-state index in [-0.39, 0.29) is 23.7 Å². The average Bonchev–Trinajstić information content (AvgIpc) is 2.57. The van der Waals surface area contributed by atoms with Gasteiger partial charge in [0.2, 0.25) is 5.91 Å². The Morgan fingerprint density at radius 2 is 1.88 bits per heavy atom. The Morgan fingerprint density at radius 1 is 1.23 bits per heavy atom. The zero-order valence-corrected chi connectivity index (χ0v) is 14.9. The van der Waals surface area contributed by atoms with Crippen LogP contribution in [0, 0.1) is 22.0 Å². The fraction of sp³-hybridized carbons (Fsp3) is 0.471. The van der Waals surface area contributed by atoms with E-state index in [4.69, 9.17) is 5.11 Å². The lowest BCUT2D eigenvalue weighted by Crippen LogP contribution is -2.46. The number of aliphatic carboxylic acids is 1. The number of nitrogens with one attached hydrogen (secondary N) is 2. The Balaban J connectivity index is 2.63. The zero-order valence-electron chi connectivity index (χ0n) is 14.9. The first-order chi connectivity index (χ1) is 12.1. The molecule has 26 heavy (non-hydrogen) atoms. The number of non-ortho nitro benzene ring substituents is 1. The summed E-state index contributed by atoms with van der Waals surface area (Å²) in [6, 6.07) is 4.23. The normalized spacial score (nSPS) is 12.9. The number of nitrogens with zero attached hydrogens (tertiary/aromatic N) is 1. The molecule has 0 saturated heterocycles. The number of rotatable bonds is 9. The molecule has 0 saturated carbocycles. The minimum atomic E-state index is -0.993. The van der Waals surface area contributed by atoms with Gasteiger partial charge in [-0.1, -0.05) is 19.9 Å². The van der Waals surface area contributed by atoms with E-state index in [0.717, 1.165) is 6.07 Å². The van der Waals surface area contributed by atoms with Gasteiger partial charge in [-0.2, -0.15) is 0 Å². The van der Waals surface area contributed by atoms with Crippen molar-refractivity contribution < 1.29 is 24.4 Å². The van der Waals surface area contributed by atoms with Crippen LogP contribution in [0.15, 0.2) is 24.3 Å². The van der Waals surface area contributed by atoms with Crippen molar-refractivity contribution >= 4 is 23.5 Å². The van der Waals surface area contributed by atoms with Crippen molar-refractivity contribution in [3.8, 4) is 0 Å². The Kier molecular flexibility index (Phi) is 7.70. The van der Waals surface area contributed by atoms with Crippen LogP contribution < -0.4 is 10.6 Å². The highest BCUT2D eigenvalue weighted by Gasteiger charge is 2.22. The maximum atomic E-state index is 12.1. The summed E-state index contributed by atoms with van der Waals surface area (Å²) in [5, 5.41) is 24.9. The molecule has 1 rings (SSSR count). The van der Waals surface area contributed by atoms with E-state index in [1.54, 1.807) is 0 Å². The molecule has 0 bridgehead atoms. The Labute approximate surface area is 150 Å². The van der Waals surface area contributed by atoms with Gasteiger partial charge in [-0.3, -0.25) is 24.5 Å². The predicted octanol–water partition coefficient (Wildman–Crippen LogP) is 1.58. The predicted molar refractivity (Wildman–Crippen MR) is 93.6 cm³/mol. The lowest BCUT2D eigenvalue weighted by Gasteiger charge is -2.18.